The van der Waals surface area contributed by atoms with E-state index in [-0.39, 0.29) is 10.8 Å². The third-order valence-corrected chi connectivity index (χ3v) is 6.44. The van der Waals surface area contributed by atoms with Gasteiger partial charge in [0.1, 0.15) is 0 Å². The second-order valence-electron chi connectivity index (χ2n) is 6.18. The van der Waals surface area contributed by atoms with Gasteiger partial charge >= 0.3 is 0 Å². The summed E-state index contributed by atoms with van der Waals surface area (Å²) < 4.78 is 27.8. The molecule has 2 aromatic rings. The minimum atomic E-state index is -3.60. The Kier molecular flexibility index (Phi) is 3.57. The molecule has 0 bridgehead atoms. The average Bonchev–Trinajstić information content (AvgIpc) is 2.60. The van der Waals surface area contributed by atoms with Gasteiger partial charge < -0.3 is 5.32 Å². The number of anilines is 2. The van der Waals surface area contributed by atoms with Crippen LogP contribution in [0.4, 0.5) is 11.4 Å². The predicted molar refractivity (Wildman–Crippen MR) is 92.7 cm³/mol. The van der Waals surface area contributed by atoms with E-state index < -0.39 is 10.0 Å². The monoisotopic (exact) mass is 342 g/mol. The molecule has 0 saturated carbocycles. The van der Waals surface area contributed by atoms with Gasteiger partial charge in [0.25, 0.3) is 10.0 Å². The highest BCUT2D eigenvalue weighted by Crippen LogP contribution is 2.33. The molecule has 24 heavy (non-hydrogen) atoms. The molecule has 2 aliphatic heterocycles. The summed E-state index contributed by atoms with van der Waals surface area (Å²) in [7, 11) is -3.60. The van der Waals surface area contributed by atoms with Gasteiger partial charge in [0, 0.05) is 18.7 Å². The molecule has 124 valence electrons. The largest absolute Gasteiger partial charge is 0.326 e. The van der Waals surface area contributed by atoms with Gasteiger partial charge in [0.15, 0.2) is 0 Å². The summed E-state index contributed by atoms with van der Waals surface area (Å²) in [5.74, 6) is -0.0249. The minimum absolute atomic E-state index is 0.0249. The van der Waals surface area contributed by atoms with E-state index in [1.807, 2.05) is 24.3 Å². The summed E-state index contributed by atoms with van der Waals surface area (Å²) in [6.07, 6.45) is 2.68. The Labute approximate surface area is 141 Å². The Balaban J connectivity index is 1.75. The smallest absolute Gasteiger partial charge is 0.264 e. The Bertz CT molecular complexity index is 922. The number of nitrogens with one attached hydrogen (secondary N) is 1. The number of carbonyl (C=O) groups excluding carboxylic acids is 1. The van der Waals surface area contributed by atoms with Gasteiger partial charge in [-0.2, -0.15) is 0 Å². The number of aryl methyl sites for hydroxylation is 2. The van der Waals surface area contributed by atoms with Crippen LogP contribution in [0.15, 0.2) is 47.4 Å². The lowest BCUT2D eigenvalue weighted by Gasteiger charge is -2.30. The highest BCUT2D eigenvalue weighted by atomic mass is 32.2. The van der Waals surface area contributed by atoms with Crippen LogP contribution in [0.5, 0.6) is 0 Å². The fraction of sp³-hybridized carbons (Fsp3) is 0.278. The van der Waals surface area contributed by atoms with E-state index in [4.69, 9.17) is 0 Å². The molecule has 6 heteroatoms. The maximum absolute atomic E-state index is 13.1. The molecule has 5 nitrogen and oxygen atoms in total. The van der Waals surface area contributed by atoms with Crippen LogP contribution in [0.1, 0.15) is 24.0 Å². The Morgan fingerprint density at radius 3 is 2.67 bits per heavy atom. The molecule has 0 saturated heterocycles. The first-order valence-corrected chi connectivity index (χ1v) is 9.53. The van der Waals surface area contributed by atoms with E-state index in [1.54, 1.807) is 18.2 Å². The van der Waals surface area contributed by atoms with Gasteiger partial charge in [0.05, 0.1) is 10.6 Å². The van der Waals surface area contributed by atoms with Crippen molar-refractivity contribution < 1.29 is 13.2 Å². The zero-order valence-corrected chi connectivity index (χ0v) is 14.0. The van der Waals surface area contributed by atoms with Crippen LogP contribution >= 0.6 is 0 Å². The number of nitrogens with zero attached hydrogens (tertiary/aromatic N) is 1. The number of fused-ring (bicyclic) bond motifs is 2. The van der Waals surface area contributed by atoms with E-state index in [9.17, 15) is 13.2 Å². The van der Waals surface area contributed by atoms with Crippen LogP contribution < -0.4 is 9.62 Å². The number of para-hydroxylation sites is 1. The number of hydrogen-bond donors (Lipinski definition) is 1. The average molecular weight is 342 g/mol. The van der Waals surface area contributed by atoms with Gasteiger partial charge in [0.2, 0.25) is 5.91 Å². The molecule has 0 fully saturated rings. The van der Waals surface area contributed by atoms with Gasteiger partial charge in [-0.3, -0.25) is 9.10 Å². The topological polar surface area (TPSA) is 66.5 Å². The normalized spacial score (nSPS) is 17.0. The summed E-state index contributed by atoms with van der Waals surface area (Å²) in [6, 6.07) is 12.6. The lowest BCUT2D eigenvalue weighted by Crippen LogP contribution is -2.35. The number of benzene rings is 2. The molecule has 0 unspecified atom stereocenters. The van der Waals surface area contributed by atoms with Gasteiger partial charge in [-0.25, -0.2) is 8.42 Å². The van der Waals surface area contributed by atoms with Crippen molar-refractivity contribution in [3.05, 3.63) is 53.6 Å². The van der Waals surface area contributed by atoms with E-state index >= 15 is 0 Å². The molecule has 0 radical (unpaired) electrons. The Hall–Kier alpha value is -2.34. The van der Waals surface area contributed by atoms with E-state index in [0.717, 1.165) is 29.7 Å². The van der Waals surface area contributed by atoms with Crippen molar-refractivity contribution in [2.45, 2.75) is 30.6 Å². The second-order valence-corrected chi connectivity index (χ2v) is 8.04. The quantitative estimate of drug-likeness (QED) is 0.912. The van der Waals surface area contributed by atoms with Crippen LogP contribution in [0, 0.1) is 0 Å². The first kappa shape index (κ1) is 15.2. The van der Waals surface area contributed by atoms with Crippen molar-refractivity contribution in [3.63, 3.8) is 0 Å². The van der Waals surface area contributed by atoms with Crippen molar-refractivity contribution in [2.75, 3.05) is 16.2 Å². The summed E-state index contributed by atoms with van der Waals surface area (Å²) in [5.41, 5.74) is 3.43. The molecule has 2 heterocycles. The van der Waals surface area contributed by atoms with E-state index in [0.29, 0.717) is 25.1 Å². The van der Waals surface area contributed by atoms with E-state index in [2.05, 4.69) is 5.32 Å². The highest BCUT2D eigenvalue weighted by Gasteiger charge is 2.29. The van der Waals surface area contributed by atoms with Crippen molar-refractivity contribution in [3.8, 4) is 0 Å². The lowest BCUT2D eigenvalue weighted by atomic mass is 10.0. The van der Waals surface area contributed by atoms with Crippen LogP contribution in [-0.4, -0.2) is 20.9 Å². The molecule has 0 atom stereocenters. The predicted octanol–water partition coefficient (Wildman–Crippen LogP) is 2.71. The maximum atomic E-state index is 13.1. The van der Waals surface area contributed by atoms with E-state index in [1.165, 1.54) is 4.31 Å². The van der Waals surface area contributed by atoms with Crippen molar-refractivity contribution in [1.29, 1.82) is 0 Å². The third-order valence-electron chi connectivity index (χ3n) is 4.63. The summed E-state index contributed by atoms with van der Waals surface area (Å²) in [6.45, 7) is 0.493. The van der Waals surface area contributed by atoms with Gasteiger partial charge in [-0.15, -0.1) is 0 Å². The first-order chi connectivity index (χ1) is 11.6. The molecule has 2 aliphatic rings. The van der Waals surface area contributed by atoms with Crippen LogP contribution in [0.25, 0.3) is 0 Å². The molecular weight excluding hydrogens is 324 g/mol. The zero-order valence-electron chi connectivity index (χ0n) is 13.2. The van der Waals surface area contributed by atoms with Gasteiger partial charge in [-0.05, 0) is 54.7 Å². The van der Waals surface area contributed by atoms with Crippen LogP contribution in [0.2, 0.25) is 0 Å². The SMILES string of the molecule is O=C1CCc2cc(S(=O)(=O)N3CCCc4ccccc43)ccc2N1. The Morgan fingerprint density at radius 2 is 1.79 bits per heavy atom. The third kappa shape index (κ3) is 2.47. The van der Waals surface area contributed by atoms with Crippen LogP contribution in [0.3, 0.4) is 0 Å². The first-order valence-electron chi connectivity index (χ1n) is 8.09. The van der Waals surface area contributed by atoms with Crippen molar-refractivity contribution in [2.24, 2.45) is 0 Å². The summed E-state index contributed by atoms with van der Waals surface area (Å²) in [5, 5.41) is 2.79. The fourth-order valence-corrected chi connectivity index (χ4v) is 4.99. The molecule has 0 aliphatic carbocycles. The number of carbonyl (C=O) groups is 1. The standard InChI is InChI=1S/C18H18N2O3S/c21-18-10-7-14-12-15(8-9-16(14)19-18)24(22,23)20-11-3-5-13-4-1-2-6-17(13)20/h1-2,4,6,8-9,12H,3,5,7,10-11H2,(H,19,21). The highest BCUT2D eigenvalue weighted by molar-refractivity contribution is 7.92. The number of rotatable bonds is 2. The number of hydrogen-bond acceptors (Lipinski definition) is 3. The summed E-state index contributed by atoms with van der Waals surface area (Å²) in [4.78, 5) is 11.7. The molecule has 2 aromatic carbocycles. The maximum Gasteiger partial charge on any atom is 0.264 e. The molecule has 4 rings (SSSR count). The zero-order chi connectivity index (χ0) is 16.7. The van der Waals surface area contributed by atoms with Crippen molar-refractivity contribution >= 4 is 27.3 Å². The molecule has 0 aromatic heterocycles. The number of amides is 1. The summed E-state index contributed by atoms with van der Waals surface area (Å²) >= 11 is 0. The Morgan fingerprint density at radius 1 is 0.958 bits per heavy atom. The molecule has 1 N–H and O–H groups in total. The molecular formula is C18H18N2O3S. The van der Waals surface area contributed by atoms with Gasteiger partial charge in [-0.1, -0.05) is 18.2 Å². The van der Waals surface area contributed by atoms with Crippen LogP contribution in [-0.2, 0) is 27.7 Å². The second kappa shape index (κ2) is 5.63. The van der Waals surface area contributed by atoms with Crippen molar-refractivity contribution in [1.82, 2.24) is 0 Å². The fourth-order valence-electron chi connectivity index (χ4n) is 3.40. The molecule has 1 amide bonds. The number of sulfonamides is 1. The lowest BCUT2D eigenvalue weighted by molar-refractivity contribution is -0.116. The molecule has 0 spiro atoms. The minimum Gasteiger partial charge on any atom is -0.326 e.